The smallest absolute Gasteiger partial charge is 0.155 e. The van der Waals surface area contributed by atoms with Gasteiger partial charge in [-0.3, -0.25) is 4.79 Å². The number of allylic oxidation sites excluding steroid dienone is 3. The zero-order valence-corrected chi connectivity index (χ0v) is 10.3. The van der Waals surface area contributed by atoms with Gasteiger partial charge < -0.3 is 0 Å². The van der Waals surface area contributed by atoms with Crippen LogP contribution in [-0.2, 0) is 10.2 Å². The first kappa shape index (κ1) is 11.8. The Morgan fingerprint density at radius 1 is 1.35 bits per heavy atom. The molecular formula is C16H18O. The van der Waals surface area contributed by atoms with Crippen molar-refractivity contribution in [3.8, 4) is 0 Å². The molecule has 1 aromatic carbocycles. The van der Waals surface area contributed by atoms with Crippen LogP contribution in [0.25, 0.3) is 0 Å². The lowest BCUT2D eigenvalue weighted by molar-refractivity contribution is -0.115. The Bertz CT molecular complexity index is 456. The van der Waals surface area contributed by atoms with Gasteiger partial charge in [0, 0.05) is 11.8 Å². The molecule has 1 atom stereocenters. The summed E-state index contributed by atoms with van der Waals surface area (Å²) in [6.45, 7) is 6.01. The van der Waals surface area contributed by atoms with E-state index in [0.29, 0.717) is 6.42 Å². The van der Waals surface area contributed by atoms with Gasteiger partial charge in [-0.2, -0.15) is 0 Å². The van der Waals surface area contributed by atoms with Crippen LogP contribution in [0.5, 0.6) is 0 Å². The maximum Gasteiger partial charge on any atom is 0.155 e. The molecule has 0 spiro atoms. The first-order valence-corrected chi connectivity index (χ1v) is 6.07. The maximum atomic E-state index is 11.6. The highest BCUT2D eigenvalue weighted by Gasteiger charge is 2.33. The fourth-order valence-electron chi connectivity index (χ4n) is 2.53. The molecule has 1 aromatic rings. The van der Waals surface area contributed by atoms with Crippen molar-refractivity contribution >= 4 is 5.78 Å². The standard InChI is InChI=1S/C16H18O/c1-3-7-14-12-15(17)10-11-16(14,2)13-8-5-4-6-9-13/h3-6,8-9,12H,1,7,10-11H2,2H3. The van der Waals surface area contributed by atoms with Gasteiger partial charge in [0.15, 0.2) is 5.78 Å². The highest BCUT2D eigenvalue weighted by atomic mass is 16.1. The summed E-state index contributed by atoms with van der Waals surface area (Å²) in [6, 6.07) is 10.4. The molecule has 17 heavy (non-hydrogen) atoms. The van der Waals surface area contributed by atoms with Crippen LogP contribution in [0.15, 0.2) is 54.6 Å². The molecule has 0 heterocycles. The van der Waals surface area contributed by atoms with Crippen molar-refractivity contribution in [1.29, 1.82) is 0 Å². The number of rotatable bonds is 3. The Labute approximate surface area is 103 Å². The van der Waals surface area contributed by atoms with E-state index in [1.165, 1.54) is 11.1 Å². The van der Waals surface area contributed by atoms with Crippen LogP contribution in [0.1, 0.15) is 31.7 Å². The summed E-state index contributed by atoms with van der Waals surface area (Å²) in [6.07, 6.45) is 6.03. The summed E-state index contributed by atoms with van der Waals surface area (Å²) in [7, 11) is 0. The molecule has 1 aliphatic carbocycles. The normalized spacial score (nSPS) is 24.3. The Kier molecular flexibility index (Phi) is 3.28. The first-order chi connectivity index (χ1) is 8.16. The van der Waals surface area contributed by atoms with E-state index in [1.807, 2.05) is 18.2 Å². The van der Waals surface area contributed by atoms with Gasteiger partial charge in [-0.05, 0) is 24.5 Å². The molecule has 0 saturated carbocycles. The van der Waals surface area contributed by atoms with Crippen LogP contribution < -0.4 is 0 Å². The van der Waals surface area contributed by atoms with Gasteiger partial charge in [-0.1, -0.05) is 48.9 Å². The van der Waals surface area contributed by atoms with E-state index in [4.69, 9.17) is 0 Å². The van der Waals surface area contributed by atoms with E-state index >= 15 is 0 Å². The number of carbonyl (C=O) groups is 1. The largest absolute Gasteiger partial charge is 0.295 e. The minimum atomic E-state index is -0.0106. The molecule has 0 fully saturated rings. The van der Waals surface area contributed by atoms with E-state index in [2.05, 4.69) is 37.8 Å². The molecule has 2 rings (SSSR count). The second-order valence-electron chi connectivity index (χ2n) is 4.83. The summed E-state index contributed by atoms with van der Waals surface area (Å²) in [5, 5.41) is 0. The summed E-state index contributed by atoms with van der Waals surface area (Å²) >= 11 is 0. The zero-order chi connectivity index (χ0) is 12.3. The molecule has 0 radical (unpaired) electrons. The third-order valence-corrected chi connectivity index (χ3v) is 3.69. The van der Waals surface area contributed by atoms with Gasteiger partial charge >= 0.3 is 0 Å². The molecule has 0 aromatic heterocycles. The third kappa shape index (κ3) is 2.23. The predicted octanol–water partition coefficient (Wildman–Crippen LogP) is 3.81. The summed E-state index contributed by atoms with van der Waals surface area (Å²) in [4.78, 5) is 11.6. The monoisotopic (exact) mass is 226 g/mol. The molecule has 0 bridgehead atoms. The van der Waals surface area contributed by atoms with Gasteiger partial charge in [-0.15, -0.1) is 6.58 Å². The van der Waals surface area contributed by atoms with Crippen LogP contribution in [0.2, 0.25) is 0 Å². The minimum absolute atomic E-state index is 0.0106. The van der Waals surface area contributed by atoms with Crippen molar-refractivity contribution in [3.05, 3.63) is 60.2 Å². The second-order valence-corrected chi connectivity index (χ2v) is 4.83. The third-order valence-electron chi connectivity index (χ3n) is 3.69. The molecule has 88 valence electrons. The lowest BCUT2D eigenvalue weighted by Gasteiger charge is -2.35. The fraction of sp³-hybridized carbons (Fsp3) is 0.312. The topological polar surface area (TPSA) is 17.1 Å². The molecule has 1 nitrogen and oxygen atoms in total. The number of hydrogen-bond donors (Lipinski definition) is 0. The first-order valence-electron chi connectivity index (χ1n) is 6.07. The number of hydrogen-bond acceptors (Lipinski definition) is 1. The van der Waals surface area contributed by atoms with E-state index < -0.39 is 0 Å². The van der Waals surface area contributed by atoms with Crippen LogP contribution in [0.4, 0.5) is 0 Å². The van der Waals surface area contributed by atoms with E-state index in [-0.39, 0.29) is 11.2 Å². The van der Waals surface area contributed by atoms with Gasteiger partial charge in [0.1, 0.15) is 0 Å². The molecular weight excluding hydrogens is 208 g/mol. The Morgan fingerprint density at radius 2 is 2.06 bits per heavy atom. The highest BCUT2D eigenvalue weighted by Crippen LogP contribution is 2.40. The molecule has 1 heteroatoms. The average Bonchev–Trinajstić information content (AvgIpc) is 2.35. The summed E-state index contributed by atoms with van der Waals surface area (Å²) in [5.41, 5.74) is 2.47. The van der Waals surface area contributed by atoms with Gasteiger partial charge in [0.25, 0.3) is 0 Å². The number of ketones is 1. The number of carbonyl (C=O) groups excluding carboxylic acids is 1. The molecule has 1 unspecified atom stereocenters. The van der Waals surface area contributed by atoms with Crippen LogP contribution in [0.3, 0.4) is 0 Å². The summed E-state index contributed by atoms with van der Waals surface area (Å²) in [5.74, 6) is 0.246. The molecule has 0 saturated heterocycles. The Hall–Kier alpha value is -1.63. The van der Waals surface area contributed by atoms with Gasteiger partial charge in [0.2, 0.25) is 0 Å². The SMILES string of the molecule is C=CCC1=CC(=O)CCC1(C)c1ccccc1. The Morgan fingerprint density at radius 3 is 2.71 bits per heavy atom. The van der Waals surface area contributed by atoms with Gasteiger partial charge in [0.05, 0.1) is 0 Å². The summed E-state index contributed by atoms with van der Waals surface area (Å²) < 4.78 is 0. The zero-order valence-electron chi connectivity index (χ0n) is 10.3. The van der Waals surface area contributed by atoms with Crippen molar-refractivity contribution in [2.45, 2.75) is 31.6 Å². The van der Waals surface area contributed by atoms with Crippen LogP contribution in [0, 0.1) is 0 Å². The van der Waals surface area contributed by atoms with E-state index in [9.17, 15) is 4.79 Å². The van der Waals surface area contributed by atoms with Crippen molar-refractivity contribution in [2.75, 3.05) is 0 Å². The molecule has 0 aliphatic heterocycles. The predicted molar refractivity (Wildman–Crippen MR) is 70.9 cm³/mol. The fourth-order valence-corrected chi connectivity index (χ4v) is 2.53. The number of benzene rings is 1. The average molecular weight is 226 g/mol. The van der Waals surface area contributed by atoms with Crippen LogP contribution >= 0.6 is 0 Å². The second kappa shape index (κ2) is 4.70. The van der Waals surface area contributed by atoms with E-state index in [0.717, 1.165) is 12.8 Å². The van der Waals surface area contributed by atoms with Crippen molar-refractivity contribution in [3.63, 3.8) is 0 Å². The lowest BCUT2D eigenvalue weighted by Crippen LogP contribution is -2.29. The Balaban J connectivity index is 2.44. The highest BCUT2D eigenvalue weighted by molar-refractivity contribution is 5.92. The van der Waals surface area contributed by atoms with Gasteiger partial charge in [-0.25, -0.2) is 0 Å². The minimum Gasteiger partial charge on any atom is -0.295 e. The van der Waals surface area contributed by atoms with Crippen molar-refractivity contribution < 1.29 is 4.79 Å². The molecule has 0 amide bonds. The van der Waals surface area contributed by atoms with E-state index in [1.54, 1.807) is 0 Å². The lowest BCUT2D eigenvalue weighted by atomic mass is 9.68. The molecule has 1 aliphatic rings. The van der Waals surface area contributed by atoms with Crippen molar-refractivity contribution in [1.82, 2.24) is 0 Å². The van der Waals surface area contributed by atoms with Crippen molar-refractivity contribution in [2.24, 2.45) is 0 Å². The van der Waals surface area contributed by atoms with Crippen LogP contribution in [-0.4, -0.2) is 5.78 Å². The molecule has 0 N–H and O–H groups in total. The maximum absolute atomic E-state index is 11.6. The quantitative estimate of drug-likeness (QED) is 0.716.